The number of nitrogens with zero attached hydrogens (tertiary/aromatic N) is 1. The van der Waals surface area contributed by atoms with Crippen molar-refractivity contribution in [3.63, 3.8) is 0 Å². The summed E-state index contributed by atoms with van der Waals surface area (Å²) in [6.45, 7) is 8.63. The van der Waals surface area contributed by atoms with E-state index in [0.717, 1.165) is 13.1 Å². The smallest absolute Gasteiger partial charge is 0.0249 e. The van der Waals surface area contributed by atoms with Gasteiger partial charge in [0.1, 0.15) is 0 Å². The van der Waals surface area contributed by atoms with Crippen LogP contribution in [0.1, 0.15) is 25.0 Å². The first-order chi connectivity index (χ1) is 7.43. The zero-order valence-electron chi connectivity index (χ0n) is 11.2. The van der Waals surface area contributed by atoms with Crippen molar-refractivity contribution in [1.82, 2.24) is 10.2 Å². The van der Waals surface area contributed by atoms with Gasteiger partial charge in [0, 0.05) is 18.6 Å². The summed E-state index contributed by atoms with van der Waals surface area (Å²) in [6, 6.07) is 8.71. The van der Waals surface area contributed by atoms with Gasteiger partial charge in [-0.1, -0.05) is 29.8 Å². The van der Waals surface area contributed by atoms with E-state index in [1.807, 2.05) is 7.05 Å². The van der Waals surface area contributed by atoms with E-state index < -0.39 is 0 Å². The second-order valence-corrected chi connectivity index (χ2v) is 5.30. The van der Waals surface area contributed by atoms with Crippen molar-refractivity contribution in [1.29, 1.82) is 0 Å². The summed E-state index contributed by atoms with van der Waals surface area (Å²) in [5.74, 6) is 0. The van der Waals surface area contributed by atoms with Crippen LogP contribution in [0.3, 0.4) is 0 Å². The first-order valence-electron chi connectivity index (χ1n) is 5.86. The summed E-state index contributed by atoms with van der Waals surface area (Å²) in [5.41, 5.74) is 2.88. The summed E-state index contributed by atoms with van der Waals surface area (Å²) in [6.07, 6.45) is 0. The largest absolute Gasteiger partial charge is 0.314 e. The van der Waals surface area contributed by atoms with Crippen molar-refractivity contribution in [2.45, 2.75) is 32.9 Å². The van der Waals surface area contributed by atoms with Gasteiger partial charge in [0.2, 0.25) is 0 Å². The highest BCUT2D eigenvalue weighted by molar-refractivity contribution is 5.22. The molecule has 0 spiro atoms. The number of benzene rings is 1. The summed E-state index contributed by atoms with van der Waals surface area (Å²) in [5, 5.41) is 3.33. The first kappa shape index (κ1) is 13.2. The molecule has 0 radical (unpaired) electrons. The van der Waals surface area contributed by atoms with Crippen molar-refractivity contribution in [3.05, 3.63) is 35.4 Å². The van der Waals surface area contributed by atoms with Crippen LogP contribution in [0.2, 0.25) is 0 Å². The molecule has 1 rings (SSSR count). The van der Waals surface area contributed by atoms with Crippen LogP contribution < -0.4 is 5.32 Å². The number of aryl methyl sites for hydroxylation is 1. The van der Waals surface area contributed by atoms with Crippen LogP contribution in [-0.4, -0.2) is 31.1 Å². The van der Waals surface area contributed by atoms with Crippen molar-refractivity contribution in [2.24, 2.45) is 0 Å². The van der Waals surface area contributed by atoms with Gasteiger partial charge in [0.05, 0.1) is 0 Å². The lowest BCUT2D eigenvalue weighted by atomic mass is 10.0. The minimum absolute atomic E-state index is 0.165. The van der Waals surface area contributed by atoms with Gasteiger partial charge in [0.15, 0.2) is 0 Å². The van der Waals surface area contributed by atoms with Gasteiger partial charge in [-0.15, -0.1) is 0 Å². The molecule has 0 saturated carbocycles. The summed E-state index contributed by atoms with van der Waals surface area (Å²) in [7, 11) is 4.18. The minimum Gasteiger partial charge on any atom is -0.314 e. The molecule has 16 heavy (non-hydrogen) atoms. The van der Waals surface area contributed by atoms with Crippen LogP contribution in [0.5, 0.6) is 0 Å². The highest BCUT2D eigenvalue weighted by Gasteiger charge is 2.17. The van der Waals surface area contributed by atoms with Gasteiger partial charge in [-0.05, 0) is 40.4 Å². The van der Waals surface area contributed by atoms with Crippen molar-refractivity contribution < 1.29 is 0 Å². The lowest BCUT2D eigenvalue weighted by Crippen LogP contribution is -2.46. The van der Waals surface area contributed by atoms with E-state index in [9.17, 15) is 0 Å². The van der Waals surface area contributed by atoms with E-state index in [-0.39, 0.29) is 5.54 Å². The Morgan fingerprint density at radius 3 is 2.56 bits per heavy atom. The van der Waals surface area contributed by atoms with Crippen molar-refractivity contribution >= 4 is 0 Å². The molecule has 1 aromatic rings. The minimum atomic E-state index is 0.165. The normalized spacial score (nSPS) is 12.1. The Labute approximate surface area is 99.7 Å². The maximum absolute atomic E-state index is 3.33. The van der Waals surface area contributed by atoms with Crippen LogP contribution >= 0.6 is 0 Å². The maximum Gasteiger partial charge on any atom is 0.0249 e. The number of likely N-dealkylation sites (N-methyl/N-ethyl adjacent to an activating group) is 2. The fourth-order valence-electron chi connectivity index (χ4n) is 1.93. The fourth-order valence-corrected chi connectivity index (χ4v) is 1.93. The molecule has 0 fully saturated rings. The highest BCUT2D eigenvalue weighted by Crippen LogP contribution is 2.09. The van der Waals surface area contributed by atoms with E-state index in [2.05, 4.69) is 62.3 Å². The molecule has 0 unspecified atom stereocenters. The molecule has 0 aliphatic rings. The molecule has 0 atom stereocenters. The molecule has 0 saturated heterocycles. The van der Waals surface area contributed by atoms with Crippen LogP contribution in [0.15, 0.2) is 24.3 Å². The molecule has 0 aromatic heterocycles. The topological polar surface area (TPSA) is 15.3 Å². The molecule has 2 nitrogen and oxygen atoms in total. The zero-order valence-corrected chi connectivity index (χ0v) is 11.2. The SMILES string of the molecule is CNC(C)(C)CN(C)Cc1cccc(C)c1. The van der Waals surface area contributed by atoms with Gasteiger partial charge in [-0.2, -0.15) is 0 Å². The average Bonchev–Trinajstić information content (AvgIpc) is 2.16. The number of hydrogen-bond acceptors (Lipinski definition) is 2. The van der Waals surface area contributed by atoms with E-state index >= 15 is 0 Å². The van der Waals surface area contributed by atoms with Gasteiger partial charge in [-0.25, -0.2) is 0 Å². The van der Waals surface area contributed by atoms with Gasteiger partial charge in [-0.3, -0.25) is 0 Å². The molecule has 0 aliphatic heterocycles. The van der Waals surface area contributed by atoms with Gasteiger partial charge < -0.3 is 10.2 Å². The summed E-state index contributed by atoms with van der Waals surface area (Å²) < 4.78 is 0. The Morgan fingerprint density at radius 1 is 1.31 bits per heavy atom. The van der Waals surface area contributed by atoms with Gasteiger partial charge >= 0.3 is 0 Å². The Morgan fingerprint density at radius 2 is 2.00 bits per heavy atom. The van der Waals surface area contributed by atoms with Crippen molar-refractivity contribution in [3.8, 4) is 0 Å². The van der Waals surface area contributed by atoms with Crippen molar-refractivity contribution in [2.75, 3.05) is 20.6 Å². The Kier molecular flexibility index (Phi) is 4.51. The molecule has 2 heteroatoms. The third kappa shape index (κ3) is 4.33. The first-order valence-corrected chi connectivity index (χ1v) is 5.86. The lowest BCUT2D eigenvalue weighted by molar-refractivity contribution is 0.238. The molecule has 90 valence electrons. The number of rotatable bonds is 5. The van der Waals surface area contributed by atoms with E-state index in [1.54, 1.807) is 0 Å². The van der Waals surface area contributed by atoms with Gasteiger partial charge in [0.25, 0.3) is 0 Å². The molecule has 1 N–H and O–H groups in total. The molecule has 0 aliphatic carbocycles. The van der Waals surface area contributed by atoms with E-state index in [1.165, 1.54) is 11.1 Å². The molecule has 0 bridgehead atoms. The number of nitrogens with one attached hydrogen (secondary N) is 1. The molecule has 0 amide bonds. The van der Waals surface area contributed by atoms with Crippen LogP contribution in [0, 0.1) is 6.92 Å². The van der Waals surface area contributed by atoms with Crippen LogP contribution in [-0.2, 0) is 6.54 Å². The van der Waals surface area contributed by atoms with Crippen LogP contribution in [0.4, 0.5) is 0 Å². The zero-order chi connectivity index (χ0) is 12.2. The quantitative estimate of drug-likeness (QED) is 0.820. The number of hydrogen-bond donors (Lipinski definition) is 1. The third-order valence-corrected chi connectivity index (χ3v) is 2.88. The average molecular weight is 220 g/mol. The third-order valence-electron chi connectivity index (χ3n) is 2.88. The predicted octanol–water partition coefficient (Wildman–Crippen LogP) is 2.42. The standard InChI is InChI=1S/C14H24N2/c1-12-7-6-8-13(9-12)10-16(5)11-14(2,3)15-4/h6-9,15H,10-11H2,1-5H3. The second-order valence-electron chi connectivity index (χ2n) is 5.30. The summed E-state index contributed by atoms with van der Waals surface area (Å²) in [4.78, 5) is 2.35. The predicted molar refractivity (Wildman–Crippen MR) is 70.7 cm³/mol. The molecule has 0 heterocycles. The monoisotopic (exact) mass is 220 g/mol. The summed E-state index contributed by atoms with van der Waals surface area (Å²) >= 11 is 0. The van der Waals surface area contributed by atoms with E-state index in [4.69, 9.17) is 0 Å². The second kappa shape index (κ2) is 5.46. The highest BCUT2D eigenvalue weighted by atomic mass is 15.1. The fraction of sp³-hybridized carbons (Fsp3) is 0.571. The Balaban J connectivity index is 2.55. The lowest BCUT2D eigenvalue weighted by Gasteiger charge is -2.30. The molecule has 1 aromatic carbocycles. The van der Waals surface area contributed by atoms with E-state index in [0.29, 0.717) is 0 Å². The Hall–Kier alpha value is -0.860. The van der Waals surface area contributed by atoms with Crippen LogP contribution in [0.25, 0.3) is 0 Å². The molecular weight excluding hydrogens is 196 g/mol. The maximum atomic E-state index is 3.33. The Bertz CT molecular complexity index is 331. The molecular formula is C14H24N2.